The van der Waals surface area contributed by atoms with Crippen molar-refractivity contribution in [1.82, 2.24) is 14.8 Å². The van der Waals surface area contributed by atoms with Gasteiger partial charge in [-0.15, -0.1) is 5.10 Å². The van der Waals surface area contributed by atoms with Crippen LogP contribution in [0.4, 0.5) is 0 Å². The van der Waals surface area contributed by atoms with Gasteiger partial charge in [0.25, 0.3) is 0 Å². The normalized spacial score (nSPS) is 36.6. The van der Waals surface area contributed by atoms with Gasteiger partial charge in [0.1, 0.15) is 18.5 Å². The monoisotopic (exact) mass is 279 g/mol. The molecule has 108 valence electrons. The molecule has 7 nitrogen and oxygen atoms in total. The second kappa shape index (κ2) is 4.76. The number of carbonyl (C=O) groups is 1. The predicted molar refractivity (Wildman–Crippen MR) is 67.9 cm³/mol. The Hall–Kier alpha value is -1.57. The third kappa shape index (κ3) is 1.98. The van der Waals surface area contributed by atoms with Gasteiger partial charge in [-0.25, -0.2) is 9.67 Å². The molecular formula is C13H17N3O4. The molecule has 0 unspecified atom stereocenters. The molecule has 1 fully saturated rings. The van der Waals surface area contributed by atoms with Crippen molar-refractivity contribution in [2.24, 2.45) is 5.92 Å². The van der Waals surface area contributed by atoms with Crippen molar-refractivity contribution in [1.29, 1.82) is 0 Å². The van der Waals surface area contributed by atoms with E-state index in [4.69, 9.17) is 0 Å². The zero-order chi connectivity index (χ0) is 14.4. The van der Waals surface area contributed by atoms with Crippen molar-refractivity contribution < 1.29 is 20.1 Å². The Bertz CT molecular complexity index is 568. The number of aliphatic hydroxyl groups is 3. The van der Waals surface area contributed by atoms with E-state index in [1.165, 1.54) is 17.9 Å². The lowest BCUT2D eigenvalue weighted by molar-refractivity contribution is -0.00480. The molecule has 20 heavy (non-hydrogen) atoms. The third-order valence-corrected chi connectivity index (χ3v) is 4.12. The molecule has 0 bridgehead atoms. The molecule has 0 spiro atoms. The third-order valence-electron chi connectivity index (χ3n) is 4.12. The minimum atomic E-state index is -1.02. The number of carbonyl (C=O) groups excluding carboxylic acids is 1. The highest BCUT2D eigenvalue weighted by molar-refractivity contribution is 5.89. The van der Waals surface area contributed by atoms with Crippen LogP contribution < -0.4 is 0 Å². The summed E-state index contributed by atoms with van der Waals surface area (Å²) in [5.41, 5.74) is 0.857. The number of nitrogens with zero attached hydrogens (tertiary/aromatic N) is 3. The maximum atomic E-state index is 11.2. The molecule has 0 aliphatic heterocycles. The van der Waals surface area contributed by atoms with E-state index < -0.39 is 24.4 Å². The Labute approximate surface area is 115 Å². The second-order valence-electron chi connectivity index (χ2n) is 5.47. The van der Waals surface area contributed by atoms with Crippen molar-refractivity contribution in [2.75, 3.05) is 0 Å². The maximum absolute atomic E-state index is 11.2. The Morgan fingerprint density at radius 3 is 2.75 bits per heavy atom. The van der Waals surface area contributed by atoms with Crippen LogP contribution in [-0.2, 0) is 0 Å². The van der Waals surface area contributed by atoms with Crippen LogP contribution in [0.15, 0.2) is 18.0 Å². The van der Waals surface area contributed by atoms with E-state index in [1.807, 2.05) is 6.08 Å². The quantitative estimate of drug-likeness (QED) is 0.495. The van der Waals surface area contributed by atoms with Crippen LogP contribution in [0.25, 0.3) is 0 Å². The summed E-state index contributed by atoms with van der Waals surface area (Å²) in [7, 11) is 0. The fourth-order valence-corrected chi connectivity index (χ4v) is 3.13. The number of ketones is 1. The topological polar surface area (TPSA) is 108 Å². The molecule has 1 aromatic rings. The number of Topliss-reactive ketones (excluding diaryl/α,β-unsaturated/α-hetero) is 1. The molecule has 2 aliphatic rings. The van der Waals surface area contributed by atoms with Crippen LogP contribution in [-0.4, -0.2) is 54.2 Å². The summed E-state index contributed by atoms with van der Waals surface area (Å²) in [6, 6.07) is -0.525. The zero-order valence-electron chi connectivity index (χ0n) is 11.0. The van der Waals surface area contributed by atoms with Gasteiger partial charge in [0, 0.05) is 12.8 Å². The van der Waals surface area contributed by atoms with Crippen LogP contribution >= 0.6 is 0 Å². The Kier molecular flexibility index (Phi) is 3.19. The Morgan fingerprint density at radius 1 is 1.35 bits per heavy atom. The minimum Gasteiger partial charge on any atom is -0.393 e. The van der Waals surface area contributed by atoms with E-state index in [0.717, 1.165) is 5.57 Å². The van der Waals surface area contributed by atoms with Crippen molar-refractivity contribution in [3.8, 4) is 0 Å². The molecule has 0 saturated heterocycles. The SMILES string of the molecule is CC(=O)c1ncn([C@@H]2C3=CC[C@@H](O)C[C@@H]3[C@@H](O)[C@H]2O)n1. The lowest BCUT2D eigenvalue weighted by Gasteiger charge is -2.25. The zero-order valence-corrected chi connectivity index (χ0v) is 11.0. The van der Waals surface area contributed by atoms with E-state index >= 15 is 0 Å². The van der Waals surface area contributed by atoms with Crippen molar-refractivity contribution >= 4 is 5.78 Å². The largest absolute Gasteiger partial charge is 0.393 e. The van der Waals surface area contributed by atoms with Gasteiger partial charge in [0.2, 0.25) is 5.82 Å². The van der Waals surface area contributed by atoms with E-state index in [2.05, 4.69) is 10.1 Å². The lowest BCUT2D eigenvalue weighted by Crippen LogP contribution is -2.31. The van der Waals surface area contributed by atoms with Gasteiger partial charge in [-0.3, -0.25) is 4.79 Å². The molecular weight excluding hydrogens is 262 g/mol. The lowest BCUT2D eigenvalue weighted by atomic mass is 9.86. The maximum Gasteiger partial charge on any atom is 0.216 e. The first-order chi connectivity index (χ1) is 9.49. The highest BCUT2D eigenvalue weighted by Crippen LogP contribution is 2.45. The first-order valence-corrected chi connectivity index (χ1v) is 6.65. The Balaban J connectivity index is 1.97. The first kappa shape index (κ1) is 13.4. The minimum absolute atomic E-state index is 0.0894. The summed E-state index contributed by atoms with van der Waals surface area (Å²) >= 11 is 0. The highest BCUT2D eigenvalue weighted by atomic mass is 16.3. The predicted octanol–water partition coefficient (Wildman–Crippen LogP) is -0.545. The van der Waals surface area contributed by atoms with Gasteiger partial charge in [-0.05, 0) is 18.4 Å². The standard InChI is InChI=1S/C13H17N3O4/c1-6(17)13-14-5-16(15-13)10-8-3-2-7(18)4-9(8)11(19)12(10)20/h3,5,7,9-12,18-20H,2,4H2,1H3/t7-,9+,10-,11-,12+/m1/s1. The van der Waals surface area contributed by atoms with Crippen LogP contribution in [0.2, 0.25) is 0 Å². The number of hydrogen-bond donors (Lipinski definition) is 3. The molecule has 3 N–H and O–H groups in total. The van der Waals surface area contributed by atoms with E-state index in [9.17, 15) is 20.1 Å². The molecule has 0 aromatic carbocycles. The van der Waals surface area contributed by atoms with Crippen molar-refractivity contribution in [3.05, 3.63) is 23.8 Å². The van der Waals surface area contributed by atoms with Crippen LogP contribution in [0.3, 0.4) is 0 Å². The fourth-order valence-electron chi connectivity index (χ4n) is 3.13. The number of hydrogen-bond acceptors (Lipinski definition) is 6. The smallest absolute Gasteiger partial charge is 0.216 e. The average molecular weight is 279 g/mol. The molecule has 1 saturated carbocycles. The summed E-state index contributed by atoms with van der Waals surface area (Å²) in [6.45, 7) is 1.37. The number of rotatable bonds is 2. The van der Waals surface area contributed by atoms with E-state index in [-0.39, 0.29) is 17.5 Å². The van der Waals surface area contributed by atoms with Crippen LogP contribution in [0.5, 0.6) is 0 Å². The highest BCUT2D eigenvalue weighted by Gasteiger charge is 2.48. The molecule has 5 atom stereocenters. The summed E-state index contributed by atoms with van der Waals surface area (Å²) in [4.78, 5) is 15.2. The molecule has 3 rings (SSSR count). The molecule has 0 amide bonds. The Morgan fingerprint density at radius 2 is 2.10 bits per heavy atom. The number of aromatic nitrogens is 3. The summed E-state index contributed by atoms with van der Waals surface area (Å²) in [6.07, 6.45) is 1.71. The van der Waals surface area contributed by atoms with Gasteiger partial charge < -0.3 is 15.3 Å². The van der Waals surface area contributed by atoms with Gasteiger partial charge in [0.15, 0.2) is 5.78 Å². The summed E-state index contributed by atoms with van der Waals surface area (Å²) in [5.74, 6) is -0.434. The summed E-state index contributed by atoms with van der Waals surface area (Å²) in [5, 5.41) is 34.1. The molecule has 7 heteroatoms. The average Bonchev–Trinajstić information content (AvgIpc) is 2.96. The summed E-state index contributed by atoms with van der Waals surface area (Å²) < 4.78 is 1.42. The van der Waals surface area contributed by atoms with E-state index in [1.54, 1.807) is 0 Å². The molecule has 1 aromatic heterocycles. The van der Waals surface area contributed by atoms with Crippen LogP contribution in [0.1, 0.15) is 36.4 Å². The van der Waals surface area contributed by atoms with Gasteiger partial charge in [0.05, 0.1) is 12.2 Å². The molecule has 2 aliphatic carbocycles. The van der Waals surface area contributed by atoms with Gasteiger partial charge >= 0.3 is 0 Å². The second-order valence-corrected chi connectivity index (χ2v) is 5.47. The molecule has 1 heterocycles. The number of aliphatic hydroxyl groups excluding tert-OH is 3. The van der Waals surface area contributed by atoms with E-state index in [0.29, 0.717) is 12.8 Å². The van der Waals surface area contributed by atoms with Crippen LogP contribution in [0, 0.1) is 5.92 Å². The van der Waals surface area contributed by atoms with Gasteiger partial charge in [-0.2, -0.15) is 0 Å². The number of fused-ring (bicyclic) bond motifs is 1. The van der Waals surface area contributed by atoms with Crippen molar-refractivity contribution in [3.63, 3.8) is 0 Å². The first-order valence-electron chi connectivity index (χ1n) is 6.65. The fraction of sp³-hybridized carbons (Fsp3) is 0.615. The molecule has 0 radical (unpaired) electrons. The van der Waals surface area contributed by atoms with Crippen molar-refractivity contribution in [2.45, 2.75) is 44.1 Å². The van der Waals surface area contributed by atoms with Gasteiger partial charge in [-0.1, -0.05) is 6.08 Å².